The molecule has 0 saturated carbocycles. The molecule has 65 heavy (non-hydrogen) atoms. The molecule has 0 aliphatic heterocycles. The molecule has 26 nitrogen and oxygen atoms in total. The number of nitrogens with two attached hydrogens (primary N) is 2. The molecule has 7 atom stereocenters. The second-order valence-corrected chi connectivity index (χ2v) is 16.6. The number of amides is 4. The van der Waals surface area contributed by atoms with Crippen LogP contribution >= 0.6 is 21.6 Å². The Balaban J connectivity index is 1.36. The summed E-state index contributed by atoms with van der Waals surface area (Å²) < 4.78 is 5.13. The van der Waals surface area contributed by atoms with E-state index in [0.29, 0.717) is 11.4 Å². The van der Waals surface area contributed by atoms with Crippen molar-refractivity contribution in [2.75, 3.05) is 48.0 Å². The number of aromatic nitrogens is 4. The second kappa shape index (κ2) is 26.6. The lowest BCUT2D eigenvalue weighted by atomic mass is 10.0. The van der Waals surface area contributed by atoms with Crippen molar-refractivity contribution < 1.29 is 74.0 Å². The number of ether oxygens (including phenoxy) is 1. The molecule has 0 unspecified atom stereocenters. The molecule has 16 N–H and O–H groups in total. The Morgan fingerprint density at radius 3 is 2.11 bits per heavy atom. The fourth-order valence-electron chi connectivity index (χ4n) is 5.43. The van der Waals surface area contributed by atoms with Gasteiger partial charge in [0, 0.05) is 49.1 Å². The van der Waals surface area contributed by atoms with E-state index in [4.69, 9.17) is 21.3 Å². The zero-order chi connectivity index (χ0) is 48.2. The number of rotatable bonds is 28. The SMILES string of the molecule is CC(=O)N[C@@H](CCC(=O)NC[C@H](O)[C@@H](O)[C@H](O)[C@H](O)CO)C(=O)N[C@@H](CSSCCOC(=O)CC[C@H](NC(=O)c1ccc(NCc2cnc3nc(N)nc(N)c3n2)cc1)C(=O)O)C(=O)O. The van der Waals surface area contributed by atoms with E-state index in [0.717, 1.165) is 28.5 Å². The molecule has 4 amide bonds. The first kappa shape index (κ1) is 53.2. The highest BCUT2D eigenvalue weighted by Gasteiger charge is 2.31. The van der Waals surface area contributed by atoms with Crippen LogP contribution in [0, 0.1) is 0 Å². The summed E-state index contributed by atoms with van der Waals surface area (Å²) in [6.07, 6.45) is -7.17. The number of nitrogens with zero attached hydrogens (tertiary/aromatic N) is 4. The van der Waals surface area contributed by atoms with Crippen LogP contribution in [0.2, 0.25) is 0 Å². The Morgan fingerprint density at radius 1 is 0.800 bits per heavy atom. The number of aliphatic hydroxyl groups is 5. The number of benzene rings is 1. The van der Waals surface area contributed by atoms with Crippen LogP contribution in [0.4, 0.5) is 17.5 Å². The molecule has 3 rings (SSSR count). The number of hydrogen-bond donors (Lipinski definition) is 14. The summed E-state index contributed by atoms with van der Waals surface area (Å²) in [6, 6.07) is 1.92. The van der Waals surface area contributed by atoms with Gasteiger partial charge in [-0.1, -0.05) is 21.6 Å². The molecule has 0 fully saturated rings. The Labute approximate surface area is 377 Å². The third kappa shape index (κ3) is 18.1. The van der Waals surface area contributed by atoms with Gasteiger partial charge < -0.3 is 78.5 Å². The Morgan fingerprint density at radius 2 is 1.46 bits per heavy atom. The van der Waals surface area contributed by atoms with Crippen LogP contribution in [-0.4, -0.2) is 171 Å². The largest absolute Gasteiger partial charge is 0.480 e. The average Bonchev–Trinajstić information content (AvgIpc) is 3.27. The number of anilines is 3. The van der Waals surface area contributed by atoms with Crippen molar-refractivity contribution in [2.24, 2.45) is 0 Å². The van der Waals surface area contributed by atoms with Gasteiger partial charge in [0.2, 0.25) is 23.7 Å². The molecule has 0 aliphatic rings. The molecule has 2 aromatic heterocycles. The monoisotopic (exact) mass is 953 g/mol. The molecular weight excluding hydrogens is 903 g/mol. The number of hydrogen-bond acceptors (Lipinski definition) is 22. The lowest BCUT2D eigenvalue weighted by molar-refractivity contribution is -0.144. The number of carboxylic acid groups (broad SMARTS) is 2. The summed E-state index contributed by atoms with van der Waals surface area (Å²) in [4.78, 5) is 102. The summed E-state index contributed by atoms with van der Waals surface area (Å²) in [5.41, 5.74) is 13.3. The minimum atomic E-state index is -1.92. The summed E-state index contributed by atoms with van der Waals surface area (Å²) in [5.74, 6) is -6.51. The third-order valence-corrected chi connectivity index (χ3v) is 11.3. The number of nitrogen functional groups attached to an aromatic ring is 2. The van der Waals surface area contributed by atoms with Gasteiger partial charge >= 0.3 is 17.9 Å². The number of esters is 1. The van der Waals surface area contributed by atoms with Gasteiger partial charge in [0.25, 0.3) is 5.91 Å². The van der Waals surface area contributed by atoms with E-state index in [2.05, 4.69) is 46.5 Å². The van der Waals surface area contributed by atoms with Crippen LogP contribution in [0.3, 0.4) is 0 Å². The van der Waals surface area contributed by atoms with Crippen molar-refractivity contribution in [1.82, 2.24) is 41.2 Å². The van der Waals surface area contributed by atoms with Gasteiger partial charge in [-0.25, -0.2) is 19.6 Å². The van der Waals surface area contributed by atoms with Gasteiger partial charge in [-0.15, -0.1) is 0 Å². The minimum absolute atomic E-state index is 0.0300. The van der Waals surface area contributed by atoms with Crippen LogP contribution in [0.1, 0.15) is 48.7 Å². The molecule has 0 saturated heterocycles. The zero-order valence-corrected chi connectivity index (χ0v) is 36.3. The standard InChI is InChI=1S/C37H51N11O15S2/c1-17(50)43-21(6-8-26(53)41-14-24(51)29(55)30(56)25(52)15-49)34(58)46-23(36(61)62)16-65-64-11-10-63-27(54)9-7-22(35(59)60)45-33(57)18-2-4-19(5-3-18)40-12-20-13-42-32-28(44-20)31(38)47-37(39)48-32/h2-5,13,21-25,29-30,40,49,51-52,55-56H,6-12,14-16H2,1H3,(H,41,53)(H,43,50)(H,45,57)(H,46,58)(H,59,60)(H,61,62)(H4,38,39,42,47,48)/t21-,22-,23-,24-,25+,29+,30+/m0/s1. The number of carbonyl (C=O) groups excluding carboxylic acids is 5. The van der Waals surface area contributed by atoms with Crippen molar-refractivity contribution in [3.8, 4) is 0 Å². The maximum absolute atomic E-state index is 12.9. The number of aliphatic carboxylic acids is 2. The van der Waals surface area contributed by atoms with Gasteiger partial charge in [-0.05, 0) is 37.1 Å². The highest BCUT2D eigenvalue weighted by Crippen LogP contribution is 2.22. The first-order chi connectivity index (χ1) is 30.8. The Bertz CT molecular complexity index is 2130. The molecule has 1 aromatic carbocycles. The van der Waals surface area contributed by atoms with E-state index < -0.39 is 104 Å². The van der Waals surface area contributed by atoms with Gasteiger partial charge in [0.1, 0.15) is 43.0 Å². The molecule has 28 heteroatoms. The number of carboxylic acids is 2. The lowest BCUT2D eigenvalue weighted by Gasteiger charge is -2.25. The molecule has 0 aliphatic carbocycles. The number of fused-ring (bicyclic) bond motifs is 1. The molecule has 0 radical (unpaired) electrons. The lowest BCUT2D eigenvalue weighted by Crippen LogP contribution is -2.52. The quantitative estimate of drug-likeness (QED) is 0.0191. The van der Waals surface area contributed by atoms with E-state index in [9.17, 15) is 64.2 Å². The number of carbonyl (C=O) groups is 7. The van der Waals surface area contributed by atoms with Crippen LogP contribution in [-0.2, 0) is 40.0 Å². The van der Waals surface area contributed by atoms with Gasteiger partial charge in [-0.3, -0.25) is 24.0 Å². The van der Waals surface area contributed by atoms with Gasteiger partial charge in [0.15, 0.2) is 17.0 Å². The predicted octanol–water partition coefficient (Wildman–Crippen LogP) is -3.51. The van der Waals surface area contributed by atoms with E-state index in [1.54, 1.807) is 12.1 Å². The van der Waals surface area contributed by atoms with E-state index in [1.165, 1.54) is 18.3 Å². The Hall–Kier alpha value is -6.17. The first-order valence-electron chi connectivity index (χ1n) is 19.5. The fourth-order valence-corrected chi connectivity index (χ4v) is 7.41. The Kier molecular flexibility index (Phi) is 21.7. The maximum Gasteiger partial charge on any atom is 0.327 e. The highest BCUT2D eigenvalue weighted by atomic mass is 33.1. The third-order valence-electron chi connectivity index (χ3n) is 8.91. The molecule has 0 bridgehead atoms. The normalized spacial score (nSPS) is 14.4. The molecular formula is C37H51N11O15S2. The molecule has 0 spiro atoms. The summed E-state index contributed by atoms with van der Waals surface area (Å²) in [5, 5.41) is 79.5. The van der Waals surface area contributed by atoms with Crippen molar-refractivity contribution >= 4 is 91.7 Å². The van der Waals surface area contributed by atoms with Crippen molar-refractivity contribution in [3.05, 3.63) is 41.7 Å². The van der Waals surface area contributed by atoms with Crippen molar-refractivity contribution in [2.45, 2.75) is 81.7 Å². The molecule has 2 heterocycles. The van der Waals surface area contributed by atoms with E-state index in [1.807, 2.05) is 0 Å². The highest BCUT2D eigenvalue weighted by molar-refractivity contribution is 8.76. The summed E-state index contributed by atoms with van der Waals surface area (Å²) in [7, 11) is 2.12. The van der Waals surface area contributed by atoms with Crippen LogP contribution < -0.4 is 38.1 Å². The van der Waals surface area contributed by atoms with E-state index in [-0.39, 0.29) is 72.4 Å². The van der Waals surface area contributed by atoms with Crippen LogP contribution in [0.15, 0.2) is 30.5 Å². The zero-order valence-electron chi connectivity index (χ0n) is 34.7. The predicted molar refractivity (Wildman–Crippen MR) is 232 cm³/mol. The second-order valence-electron chi connectivity index (χ2n) is 14.0. The summed E-state index contributed by atoms with van der Waals surface area (Å²) in [6.45, 7) is -0.285. The van der Waals surface area contributed by atoms with Crippen LogP contribution in [0.25, 0.3) is 11.2 Å². The van der Waals surface area contributed by atoms with E-state index >= 15 is 0 Å². The first-order valence-corrected chi connectivity index (χ1v) is 22.0. The van der Waals surface area contributed by atoms with Crippen LogP contribution in [0.5, 0.6) is 0 Å². The van der Waals surface area contributed by atoms with Crippen molar-refractivity contribution in [1.29, 1.82) is 0 Å². The van der Waals surface area contributed by atoms with Gasteiger partial charge in [-0.2, -0.15) is 9.97 Å². The van der Waals surface area contributed by atoms with Gasteiger partial charge in [0.05, 0.1) is 31.1 Å². The number of aliphatic hydroxyl groups excluding tert-OH is 5. The maximum atomic E-state index is 12.9. The van der Waals surface area contributed by atoms with Crippen molar-refractivity contribution in [3.63, 3.8) is 0 Å². The average molecular weight is 954 g/mol. The minimum Gasteiger partial charge on any atom is -0.480 e. The topological polar surface area (TPSA) is 434 Å². The number of nitrogens with one attached hydrogen (secondary N) is 5. The fraction of sp³-hybridized carbons (Fsp3) is 0.486. The smallest absolute Gasteiger partial charge is 0.327 e. The summed E-state index contributed by atoms with van der Waals surface area (Å²) >= 11 is 0. The molecule has 3 aromatic rings. The molecule has 356 valence electrons.